The highest BCUT2D eigenvalue weighted by molar-refractivity contribution is 9.10. The molecule has 0 aliphatic rings. The SMILES string of the molecule is CCc1nn(C)c(CC(C)C(Cl)CC)c1Br. The molecule has 0 aliphatic heterocycles. The van der Waals surface area contributed by atoms with Crippen LogP contribution in [0.4, 0.5) is 0 Å². The lowest BCUT2D eigenvalue weighted by molar-refractivity contribution is 0.509. The minimum atomic E-state index is 0.242. The molecule has 92 valence electrons. The lowest BCUT2D eigenvalue weighted by Gasteiger charge is -2.16. The molecule has 1 rings (SSSR count). The number of nitrogens with zero attached hydrogens (tertiary/aromatic N) is 2. The van der Waals surface area contributed by atoms with Gasteiger partial charge in [0.1, 0.15) is 0 Å². The minimum absolute atomic E-state index is 0.242. The summed E-state index contributed by atoms with van der Waals surface area (Å²) in [6.07, 6.45) is 2.95. The second-order valence-electron chi connectivity index (χ2n) is 4.29. The summed E-state index contributed by atoms with van der Waals surface area (Å²) in [6, 6.07) is 0. The Hall–Kier alpha value is -0.0200. The molecule has 0 aromatic carbocycles. The molecule has 0 radical (unpaired) electrons. The third kappa shape index (κ3) is 3.01. The lowest BCUT2D eigenvalue weighted by atomic mass is 9.99. The van der Waals surface area contributed by atoms with Crippen LogP contribution >= 0.6 is 27.5 Å². The van der Waals surface area contributed by atoms with Crippen LogP contribution in [0.3, 0.4) is 0 Å². The van der Waals surface area contributed by atoms with Gasteiger partial charge in [0.15, 0.2) is 0 Å². The fourth-order valence-corrected chi connectivity index (χ4v) is 2.74. The number of hydrogen-bond acceptors (Lipinski definition) is 1. The molecule has 0 spiro atoms. The van der Waals surface area contributed by atoms with Crippen LogP contribution in [0, 0.1) is 5.92 Å². The number of aryl methyl sites for hydroxylation is 2. The molecule has 4 heteroatoms. The van der Waals surface area contributed by atoms with Gasteiger partial charge < -0.3 is 0 Å². The third-order valence-corrected chi connectivity index (χ3v) is 4.68. The van der Waals surface area contributed by atoms with Gasteiger partial charge in [-0.3, -0.25) is 4.68 Å². The smallest absolute Gasteiger partial charge is 0.0766 e. The fourth-order valence-electron chi connectivity index (χ4n) is 1.88. The molecule has 2 unspecified atom stereocenters. The number of halogens is 2. The Morgan fingerprint density at radius 3 is 2.50 bits per heavy atom. The Labute approximate surface area is 111 Å². The summed E-state index contributed by atoms with van der Waals surface area (Å²) >= 11 is 9.90. The van der Waals surface area contributed by atoms with E-state index in [1.807, 2.05) is 11.7 Å². The minimum Gasteiger partial charge on any atom is -0.271 e. The first-order valence-corrected chi connectivity index (χ1v) is 7.08. The van der Waals surface area contributed by atoms with Crippen LogP contribution in [0.5, 0.6) is 0 Å². The van der Waals surface area contributed by atoms with Crippen molar-refractivity contribution in [1.82, 2.24) is 9.78 Å². The summed E-state index contributed by atoms with van der Waals surface area (Å²) < 4.78 is 3.13. The highest BCUT2D eigenvalue weighted by Crippen LogP contribution is 2.26. The zero-order valence-corrected chi connectivity index (χ0v) is 12.8. The van der Waals surface area contributed by atoms with E-state index >= 15 is 0 Å². The van der Waals surface area contributed by atoms with Crippen molar-refractivity contribution in [3.63, 3.8) is 0 Å². The van der Waals surface area contributed by atoms with Gasteiger partial charge in [0.25, 0.3) is 0 Å². The van der Waals surface area contributed by atoms with Crippen molar-refractivity contribution in [1.29, 1.82) is 0 Å². The van der Waals surface area contributed by atoms with Gasteiger partial charge in [-0.1, -0.05) is 20.8 Å². The van der Waals surface area contributed by atoms with E-state index in [0.29, 0.717) is 5.92 Å². The zero-order valence-electron chi connectivity index (χ0n) is 10.4. The second kappa shape index (κ2) is 6.06. The molecule has 0 saturated carbocycles. The number of hydrogen-bond donors (Lipinski definition) is 0. The topological polar surface area (TPSA) is 17.8 Å². The second-order valence-corrected chi connectivity index (χ2v) is 5.64. The van der Waals surface area contributed by atoms with Crippen molar-refractivity contribution in [3.8, 4) is 0 Å². The van der Waals surface area contributed by atoms with Gasteiger partial charge in [0.2, 0.25) is 0 Å². The van der Waals surface area contributed by atoms with E-state index in [1.165, 1.54) is 5.69 Å². The molecular weight excluding hydrogens is 288 g/mol. The van der Waals surface area contributed by atoms with Crippen LogP contribution in [0.1, 0.15) is 38.6 Å². The zero-order chi connectivity index (χ0) is 12.3. The maximum absolute atomic E-state index is 6.27. The Kier molecular flexibility index (Phi) is 5.32. The Bertz CT molecular complexity index is 349. The van der Waals surface area contributed by atoms with Crippen LogP contribution in [0.15, 0.2) is 4.47 Å². The summed E-state index contributed by atoms with van der Waals surface area (Å²) in [5, 5.41) is 4.74. The van der Waals surface area contributed by atoms with Crippen molar-refractivity contribution in [3.05, 3.63) is 15.9 Å². The van der Waals surface area contributed by atoms with E-state index in [4.69, 9.17) is 11.6 Å². The van der Waals surface area contributed by atoms with Crippen LogP contribution < -0.4 is 0 Å². The van der Waals surface area contributed by atoms with Crippen LogP contribution in [0.2, 0.25) is 0 Å². The molecule has 0 fully saturated rings. The van der Waals surface area contributed by atoms with Gasteiger partial charge in [-0.15, -0.1) is 11.6 Å². The first-order valence-electron chi connectivity index (χ1n) is 5.85. The summed E-state index contributed by atoms with van der Waals surface area (Å²) in [5.41, 5.74) is 2.38. The average molecular weight is 308 g/mol. The molecule has 2 nitrogen and oxygen atoms in total. The van der Waals surface area contributed by atoms with Gasteiger partial charge >= 0.3 is 0 Å². The molecule has 0 aliphatic carbocycles. The van der Waals surface area contributed by atoms with Gasteiger partial charge in [0.05, 0.1) is 15.9 Å². The number of alkyl halides is 1. The third-order valence-electron chi connectivity index (χ3n) is 3.03. The molecule has 2 atom stereocenters. The van der Waals surface area contributed by atoms with E-state index in [0.717, 1.165) is 29.4 Å². The van der Waals surface area contributed by atoms with E-state index in [-0.39, 0.29) is 5.38 Å². The lowest BCUT2D eigenvalue weighted by Crippen LogP contribution is -2.15. The highest BCUT2D eigenvalue weighted by atomic mass is 79.9. The molecule has 1 heterocycles. The van der Waals surface area contributed by atoms with E-state index < -0.39 is 0 Å². The van der Waals surface area contributed by atoms with Gasteiger partial charge in [0, 0.05) is 12.4 Å². The average Bonchev–Trinajstić information content (AvgIpc) is 2.55. The maximum atomic E-state index is 6.27. The largest absolute Gasteiger partial charge is 0.271 e. The first kappa shape index (κ1) is 14.0. The molecule has 1 aromatic heterocycles. The van der Waals surface area contributed by atoms with Crippen LogP contribution in [-0.4, -0.2) is 15.2 Å². The van der Waals surface area contributed by atoms with E-state index in [2.05, 4.69) is 41.8 Å². The molecule has 0 bridgehead atoms. The van der Waals surface area contributed by atoms with Gasteiger partial charge in [-0.2, -0.15) is 5.10 Å². The van der Waals surface area contributed by atoms with Crippen molar-refractivity contribution >= 4 is 27.5 Å². The molecule has 0 amide bonds. The number of aromatic nitrogens is 2. The Morgan fingerprint density at radius 1 is 1.44 bits per heavy atom. The van der Waals surface area contributed by atoms with Gasteiger partial charge in [-0.25, -0.2) is 0 Å². The standard InChI is InChI=1S/C12H20BrClN2/c1-5-9(14)8(3)7-11-12(13)10(6-2)15-16(11)4/h8-9H,5-7H2,1-4H3. The summed E-state index contributed by atoms with van der Waals surface area (Å²) in [4.78, 5) is 0. The van der Waals surface area contributed by atoms with Crippen molar-refractivity contribution < 1.29 is 0 Å². The van der Waals surface area contributed by atoms with Gasteiger partial charge in [-0.05, 0) is 41.1 Å². The van der Waals surface area contributed by atoms with Crippen LogP contribution in [-0.2, 0) is 19.9 Å². The van der Waals surface area contributed by atoms with Crippen LogP contribution in [0.25, 0.3) is 0 Å². The molecule has 16 heavy (non-hydrogen) atoms. The Balaban J connectivity index is 2.84. The van der Waals surface area contributed by atoms with E-state index in [1.54, 1.807) is 0 Å². The van der Waals surface area contributed by atoms with E-state index in [9.17, 15) is 0 Å². The van der Waals surface area contributed by atoms with Crippen molar-refractivity contribution in [2.75, 3.05) is 0 Å². The summed E-state index contributed by atoms with van der Waals surface area (Å²) in [6.45, 7) is 6.45. The quantitative estimate of drug-likeness (QED) is 0.753. The molecular formula is C12H20BrClN2. The van der Waals surface area contributed by atoms with Crippen molar-refractivity contribution in [2.45, 2.75) is 45.4 Å². The molecule has 0 N–H and O–H groups in total. The summed E-state index contributed by atoms with van der Waals surface area (Å²) in [7, 11) is 2.00. The predicted molar refractivity (Wildman–Crippen MR) is 73.1 cm³/mol. The maximum Gasteiger partial charge on any atom is 0.0766 e. The highest BCUT2D eigenvalue weighted by Gasteiger charge is 2.19. The fraction of sp³-hybridized carbons (Fsp3) is 0.750. The Morgan fingerprint density at radius 2 is 2.06 bits per heavy atom. The normalized spacial score (nSPS) is 15.1. The summed E-state index contributed by atoms with van der Waals surface area (Å²) in [5.74, 6) is 0.475. The number of rotatable bonds is 5. The predicted octanol–water partition coefficient (Wildman–Crippen LogP) is 3.94. The molecule has 0 saturated heterocycles. The first-order chi connectivity index (χ1) is 7.51. The van der Waals surface area contributed by atoms with Crippen molar-refractivity contribution in [2.24, 2.45) is 13.0 Å². The monoisotopic (exact) mass is 306 g/mol. The molecule has 1 aromatic rings.